The lowest BCUT2D eigenvalue weighted by atomic mass is 10.1. The topological polar surface area (TPSA) is 365 Å². The highest BCUT2D eigenvalue weighted by molar-refractivity contribution is 9.10. The molecule has 141 heavy (non-hydrogen) atoms. The molecule has 0 saturated carbocycles. The number of hydrogen-bond acceptors (Lipinski definition) is 34. The standard InChI is InChI=1S/C18H17N3OS.C17H11BrFN3O2.C17H13ClFN3O2S.C17H14FN3O2S.C17H16N4OS.C16H13N3O2S/c1-13-12-23-18(20-13)10-17(22)14-5-3-6-15(9-14)21(2)16-7-4-8-19-11-16;18-12-1-2-22-14(5-12)7-17(23)11-3-13(19)6-15(4-11)24-16-8-20-10-21-9-16;1-10(19)15-8-25-17(22-15)5-16(23)11-2-12(18)4-13(3-11)24-14-6-20-9-21-7-14;1-2-13-9-24-17(21-13)6-16(22)11-3-12(18)5-14(4-11)23-15-7-19-10-20-8-15;1-12-10-23-17(20-12)7-16(22)13-4-3-5-14(6-13)21(2)15-8-18-11-19-9-15;1-11-9-22-16(19-11)6-15(20)12-3-2-4-13(5-12)21-14-7-17-10-18-8-14/h3-9,11-12H,10H2,1-2H3;1-6,8-10H,7H2;2-4,6-10H,5H2,1H3;3-5,7-10H,2,6H2,1H3;3-6,8-11H,7H2,1-2H3;2-5,7-10H,6H2,1H3. The third-order valence-corrected chi connectivity index (χ3v) is 24.9. The zero-order valence-corrected chi connectivity index (χ0v) is 82.7. The number of anilines is 4. The Kier molecular flexibility index (Phi) is 37.8. The molecule has 29 nitrogen and oxygen atoms in total. The van der Waals surface area contributed by atoms with Crippen LogP contribution in [0.5, 0.6) is 46.0 Å². The molecule has 0 aliphatic carbocycles. The van der Waals surface area contributed by atoms with E-state index >= 15 is 0 Å². The Morgan fingerprint density at radius 1 is 0.355 bits per heavy atom. The fraction of sp³-hybridized carbons (Fsp3) is 0.147. The van der Waals surface area contributed by atoms with Crippen LogP contribution < -0.4 is 28.7 Å². The van der Waals surface area contributed by atoms with Crippen LogP contribution in [0.4, 0.5) is 35.9 Å². The molecule has 39 heteroatoms. The van der Waals surface area contributed by atoms with Gasteiger partial charge < -0.3 is 28.7 Å². The van der Waals surface area contributed by atoms with Gasteiger partial charge in [0.25, 0.3) is 0 Å². The lowest BCUT2D eigenvalue weighted by Gasteiger charge is -2.19. The van der Waals surface area contributed by atoms with E-state index in [1.54, 1.807) is 103 Å². The fourth-order valence-electron chi connectivity index (χ4n) is 12.7. The molecular weight excluding hydrogens is 1980 g/mol. The molecule has 0 saturated heterocycles. The molecule has 6 aromatic carbocycles. The summed E-state index contributed by atoms with van der Waals surface area (Å²) in [4.78, 5) is 147. The summed E-state index contributed by atoms with van der Waals surface area (Å²) in [5.41, 5.74) is 11.3. The molecule has 712 valence electrons. The van der Waals surface area contributed by atoms with Gasteiger partial charge in [-0.05, 0) is 137 Å². The number of thiazole rings is 5. The summed E-state index contributed by atoms with van der Waals surface area (Å²) < 4.78 is 63.9. The number of carbonyl (C=O) groups is 6. The number of rotatable bonds is 32. The Hall–Kier alpha value is -15.5. The second-order valence-electron chi connectivity index (χ2n) is 30.4. The number of aromatic nitrogens is 17. The normalized spacial score (nSPS) is 10.8. The third kappa shape index (κ3) is 32.6. The van der Waals surface area contributed by atoms with Crippen molar-refractivity contribution in [1.82, 2.24) is 84.7 Å². The largest absolute Gasteiger partial charge is 0.454 e. The lowest BCUT2D eigenvalue weighted by molar-refractivity contribution is 0.0983. The number of Topliss-reactive ketones (excluding diaryl/α,β-unsaturated/α-hetero) is 6. The summed E-state index contributed by atoms with van der Waals surface area (Å²) in [6.07, 6.45) is 28.6. The zero-order chi connectivity index (χ0) is 99.5. The molecule has 0 bridgehead atoms. The van der Waals surface area contributed by atoms with Crippen LogP contribution in [0.25, 0.3) is 0 Å². The van der Waals surface area contributed by atoms with Crippen LogP contribution in [0.1, 0.15) is 141 Å². The Bertz CT molecular complexity index is 7100. The van der Waals surface area contributed by atoms with Crippen molar-refractivity contribution in [1.29, 1.82) is 0 Å². The molecule has 1 atom stereocenters. The molecule has 18 rings (SSSR count). The van der Waals surface area contributed by atoms with Crippen LogP contribution in [0, 0.1) is 32.4 Å². The molecule has 0 aliphatic heterocycles. The molecule has 12 heterocycles. The van der Waals surface area contributed by atoms with Gasteiger partial charge in [0.2, 0.25) is 0 Å². The minimum absolute atomic E-state index is 0.0177. The smallest absolute Gasteiger partial charge is 0.169 e. The predicted octanol–water partition coefficient (Wildman–Crippen LogP) is 23.6. The van der Waals surface area contributed by atoms with Crippen LogP contribution in [-0.4, -0.2) is 134 Å². The lowest BCUT2D eigenvalue weighted by Crippen LogP contribution is -2.11. The van der Waals surface area contributed by atoms with Crippen molar-refractivity contribution in [2.45, 2.75) is 85.7 Å². The SMILES string of the molecule is CC(F)c1csc(CC(=O)c2cc(Cl)cc(Oc3cncnc3)c2)n1.CCc1csc(CC(=O)c2cc(F)cc(Oc3cncnc3)c2)n1.Cc1csc(CC(=O)c2cccc(N(C)c3cccnc3)c2)n1.Cc1csc(CC(=O)c2cccc(N(C)c3cncnc3)c2)n1.Cc1csc(CC(=O)c2cccc(Oc3cncnc3)c2)n1.O=C(Cc1cc(Br)ccn1)c1cc(F)cc(Oc2cncnc2)c1. The number of halogens is 5. The molecule has 18 aromatic rings. The van der Waals surface area contributed by atoms with E-state index < -0.39 is 17.8 Å². The Labute approximate surface area is 841 Å². The van der Waals surface area contributed by atoms with Crippen LogP contribution in [0.3, 0.4) is 0 Å². The predicted molar refractivity (Wildman–Crippen MR) is 538 cm³/mol. The molecule has 0 radical (unpaired) electrons. The van der Waals surface area contributed by atoms with Gasteiger partial charge in [0.15, 0.2) is 57.7 Å². The number of nitrogens with zero attached hydrogens (tertiary/aromatic N) is 19. The summed E-state index contributed by atoms with van der Waals surface area (Å²) in [6.45, 7) is 9.20. The van der Waals surface area contributed by atoms with E-state index in [4.69, 9.17) is 30.5 Å². The van der Waals surface area contributed by atoms with Gasteiger partial charge in [-0.1, -0.05) is 70.9 Å². The monoisotopic (exact) mass is 2070 g/mol. The third-order valence-electron chi connectivity index (χ3n) is 19.5. The molecule has 0 amide bonds. The van der Waals surface area contributed by atoms with Gasteiger partial charge in [0, 0.05) is 143 Å². The van der Waals surface area contributed by atoms with Gasteiger partial charge >= 0.3 is 0 Å². The summed E-state index contributed by atoms with van der Waals surface area (Å²) in [5, 5.41) is 13.6. The highest BCUT2D eigenvalue weighted by Gasteiger charge is 2.22. The Morgan fingerprint density at radius 2 is 0.716 bits per heavy atom. The summed E-state index contributed by atoms with van der Waals surface area (Å²) >= 11 is 16.7. The quantitative estimate of drug-likeness (QED) is 0.0353. The van der Waals surface area contributed by atoms with E-state index in [1.807, 2.05) is 134 Å². The highest BCUT2D eigenvalue weighted by atomic mass is 79.9. The van der Waals surface area contributed by atoms with Crippen LogP contribution in [0.15, 0.2) is 295 Å². The maximum Gasteiger partial charge on any atom is 0.169 e. The van der Waals surface area contributed by atoms with Crippen LogP contribution in [0.2, 0.25) is 5.02 Å². The molecular formula is C102H84BrClF3N19O10S5. The highest BCUT2D eigenvalue weighted by Crippen LogP contribution is 2.33. The zero-order valence-electron chi connectivity index (χ0n) is 76.3. The van der Waals surface area contributed by atoms with Gasteiger partial charge in [0.05, 0.1) is 129 Å². The summed E-state index contributed by atoms with van der Waals surface area (Å²) in [5.74, 6) is 1.53. The van der Waals surface area contributed by atoms with Gasteiger partial charge in [0.1, 0.15) is 97.5 Å². The minimum Gasteiger partial charge on any atom is -0.454 e. The Balaban J connectivity index is 0.000000142. The van der Waals surface area contributed by atoms with E-state index in [1.165, 1.54) is 169 Å². The average Bonchev–Trinajstić information content (AvgIpc) is 1.81. The number of hydrogen-bond donors (Lipinski definition) is 0. The summed E-state index contributed by atoms with van der Waals surface area (Å²) in [6, 6.07) is 42.2. The number of pyridine rings is 2. The van der Waals surface area contributed by atoms with Crippen LogP contribution >= 0.6 is 84.2 Å². The van der Waals surface area contributed by atoms with E-state index in [0.29, 0.717) is 97.4 Å². The molecule has 0 spiro atoms. The van der Waals surface area contributed by atoms with Crippen molar-refractivity contribution in [3.8, 4) is 46.0 Å². The molecule has 0 N–H and O–H groups in total. The Morgan fingerprint density at radius 3 is 1.13 bits per heavy atom. The second-order valence-corrected chi connectivity index (χ2v) is 36.4. The van der Waals surface area contributed by atoms with Crippen LogP contribution in [-0.2, 0) is 44.9 Å². The maximum absolute atomic E-state index is 13.8. The molecule has 0 aliphatic rings. The van der Waals surface area contributed by atoms with E-state index in [2.05, 4.69) is 101 Å². The first kappa shape index (κ1) is 103. The second kappa shape index (κ2) is 51.8. The summed E-state index contributed by atoms with van der Waals surface area (Å²) in [7, 11) is 3.89. The minimum atomic E-state index is -1.15. The first-order chi connectivity index (χ1) is 68.2. The number of alkyl halides is 1. The van der Waals surface area contributed by atoms with E-state index in [0.717, 1.165) is 76.4 Å². The van der Waals surface area contributed by atoms with E-state index in [9.17, 15) is 41.9 Å². The van der Waals surface area contributed by atoms with Gasteiger partial charge in [-0.3, -0.25) is 38.7 Å². The fourth-order valence-corrected chi connectivity index (χ4v) is 17.4. The number of ether oxygens (including phenoxy) is 4. The van der Waals surface area contributed by atoms with Crippen molar-refractivity contribution in [2.75, 3.05) is 23.9 Å². The van der Waals surface area contributed by atoms with Crippen molar-refractivity contribution >= 4 is 142 Å². The van der Waals surface area contributed by atoms with Gasteiger partial charge in [-0.15, -0.1) is 56.7 Å². The number of benzene rings is 6. The molecule has 0 fully saturated rings. The first-order valence-corrected chi connectivity index (χ1v) is 48.4. The molecule has 1 unspecified atom stereocenters. The number of aryl methyl sites for hydroxylation is 4. The van der Waals surface area contributed by atoms with Crippen molar-refractivity contribution in [3.63, 3.8) is 0 Å². The van der Waals surface area contributed by atoms with Gasteiger partial charge in [-0.25, -0.2) is 87.9 Å². The molecule has 12 aromatic heterocycles. The van der Waals surface area contributed by atoms with Crippen molar-refractivity contribution in [3.05, 3.63) is 404 Å². The van der Waals surface area contributed by atoms with Crippen molar-refractivity contribution in [2.24, 2.45) is 0 Å². The van der Waals surface area contributed by atoms with E-state index in [-0.39, 0.29) is 76.6 Å². The number of carbonyl (C=O) groups excluding carboxylic acids is 6. The average molecular weight is 2070 g/mol. The van der Waals surface area contributed by atoms with Crippen molar-refractivity contribution < 1.29 is 60.9 Å². The van der Waals surface area contributed by atoms with Gasteiger partial charge in [-0.2, -0.15) is 0 Å². The maximum atomic E-state index is 13.8. The number of ketones is 6. The first-order valence-electron chi connectivity index (χ1n) is 42.8.